The van der Waals surface area contributed by atoms with Gasteiger partial charge in [0.2, 0.25) is 0 Å². The van der Waals surface area contributed by atoms with Crippen LogP contribution in [-0.2, 0) is 0 Å². The molecule has 0 radical (unpaired) electrons. The van der Waals surface area contributed by atoms with E-state index in [0.29, 0.717) is 0 Å². The molecule has 2 aliphatic heterocycles. The van der Waals surface area contributed by atoms with Gasteiger partial charge in [-0.15, -0.1) is 0 Å². The second-order valence-electron chi connectivity index (χ2n) is 4.59. The van der Waals surface area contributed by atoms with Crippen LogP contribution in [0.2, 0.25) is 0 Å². The van der Waals surface area contributed by atoms with Crippen molar-refractivity contribution >= 4 is 0 Å². The van der Waals surface area contributed by atoms with Crippen molar-refractivity contribution in [1.82, 2.24) is 9.80 Å². The summed E-state index contributed by atoms with van der Waals surface area (Å²) in [6.07, 6.45) is 2.81. The van der Waals surface area contributed by atoms with E-state index in [1.807, 2.05) is 0 Å². The molecule has 0 aromatic rings. The fourth-order valence-electron chi connectivity index (χ4n) is 2.51. The van der Waals surface area contributed by atoms with Gasteiger partial charge in [-0.1, -0.05) is 6.92 Å². The average Bonchev–Trinajstić information content (AvgIpc) is 2.58. The zero-order valence-electron chi connectivity index (χ0n) is 8.29. The molecule has 2 nitrogen and oxygen atoms in total. The molecule has 2 aliphatic rings. The molecule has 0 spiro atoms. The minimum atomic E-state index is 0.875. The molecule has 2 saturated heterocycles. The Bertz CT molecular complexity index is 140. The van der Waals surface area contributed by atoms with Crippen molar-refractivity contribution in [3.05, 3.63) is 0 Å². The van der Waals surface area contributed by atoms with Crippen LogP contribution >= 0.6 is 0 Å². The molecule has 0 N–H and O–H groups in total. The maximum absolute atomic E-state index is 2.69. The molecule has 0 aromatic heterocycles. The maximum atomic E-state index is 2.69. The van der Waals surface area contributed by atoms with Crippen LogP contribution in [0.3, 0.4) is 0 Å². The Kier molecular flexibility index (Phi) is 2.37. The van der Waals surface area contributed by atoms with Gasteiger partial charge >= 0.3 is 0 Å². The smallest absolute Gasteiger partial charge is 0.0235 e. The summed E-state index contributed by atoms with van der Waals surface area (Å²) in [5, 5.41) is 0. The highest BCUT2D eigenvalue weighted by molar-refractivity contribution is 4.85. The zero-order valence-corrected chi connectivity index (χ0v) is 8.29. The van der Waals surface area contributed by atoms with Crippen LogP contribution in [0.25, 0.3) is 0 Å². The van der Waals surface area contributed by atoms with E-state index in [2.05, 4.69) is 23.8 Å². The monoisotopic (exact) mass is 168 g/mol. The number of rotatable bonds is 1. The van der Waals surface area contributed by atoms with Gasteiger partial charge in [-0.3, -0.25) is 4.90 Å². The Hall–Kier alpha value is -0.0800. The number of likely N-dealkylation sites (N-methyl/N-ethyl adjacent to an activating group) is 1. The van der Waals surface area contributed by atoms with Gasteiger partial charge in [0.05, 0.1) is 0 Å². The first-order valence-electron chi connectivity index (χ1n) is 5.18. The molecule has 0 bridgehead atoms. The molecule has 70 valence electrons. The third-order valence-electron chi connectivity index (χ3n) is 3.34. The lowest BCUT2D eigenvalue weighted by atomic mass is 10.2. The van der Waals surface area contributed by atoms with E-state index in [0.717, 1.165) is 12.0 Å². The number of hydrogen-bond donors (Lipinski definition) is 0. The molecule has 2 heteroatoms. The van der Waals surface area contributed by atoms with Crippen molar-refractivity contribution < 1.29 is 0 Å². The standard InChI is InChI=1S/C10H20N2/c1-9-3-6-12(7-9)10-4-5-11(2)8-10/h9-10H,3-8H2,1-2H3. The van der Waals surface area contributed by atoms with Crippen LogP contribution in [0.5, 0.6) is 0 Å². The van der Waals surface area contributed by atoms with Crippen LogP contribution in [0.4, 0.5) is 0 Å². The molecule has 0 amide bonds. The number of hydrogen-bond acceptors (Lipinski definition) is 2. The first-order chi connectivity index (χ1) is 5.75. The number of likely N-dealkylation sites (tertiary alicyclic amines) is 2. The molecule has 0 saturated carbocycles. The fourth-order valence-corrected chi connectivity index (χ4v) is 2.51. The summed E-state index contributed by atoms with van der Waals surface area (Å²) in [5.74, 6) is 0.941. The lowest BCUT2D eigenvalue weighted by Gasteiger charge is -2.23. The predicted octanol–water partition coefficient (Wildman–Crippen LogP) is 1.03. The van der Waals surface area contributed by atoms with Crippen LogP contribution in [0.15, 0.2) is 0 Å². The third kappa shape index (κ3) is 1.64. The minimum absolute atomic E-state index is 0.875. The van der Waals surface area contributed by atoms with Gasteiger partial charge < -0.3 is 4.90 Å². The van der Waals surface area contributed by atoms with Crippen molar-refractivity contribution in [1.29, 1.82) is 0 Å². The van der Waals surface area contributed by atoms with Gasteiger partial charge in [-0.05, 0) is 38.9 Å². The van der Waals surface area contributed by atoms with E-state index in [-0.39, 0.29) is 0 Å². The Morgan fingerprint density at radius 3 is 2.42 bits per heavy atom. The summed E-state index contributed by atoms with van der Waals surface area (Å²) < 4.78 is 0. The maximum Gasteiger partial charge on any atom is 0.0235 e. The van der Waals surface area contributed by atoms with Gasteiger partial charge in [-0.25, -0.2) is 0 Å². The Labute approximate surface area is 75.5 Å². The van der Waals surface area contributed by atoms with Crippen LogP contribution in [0, 0.1) is 5.92 Å². The quantitative estimate of drug-likeness (QED) is 0.577. The molecule has 2 fully saturated rings. The molecule has 2 rings (SSSR count). The van der Waals surface area contributed by atoms with Crippen LogP contribution in [0.1, 0.15) is 19.8 Å². The van der Waals surface area contributed by atoms with E-state index in [9.17, 15) is 0 Å². The van der Waals surface area contributed by atoms with Crippen molar-refractivity contribution in [2.24, 2.45) is 5.92 Å². The molecular weight excluding hydrogens is 148 g/mol. The highest BCUT2D eigenvalue weighted by atomic mass is 15.2. The molecule has 2 unspecified atom stereocenters. The van der Waals surface area contributed by atoms with Crippen molar-refractivity contribution in [2.45, 2.75) is 25.8 Å². The molecule has 2 heterocycles. The first-order valence-corrected chi connectivity index (χ1v) is 5.18. The van der Waals surface area contributed by atoms with Gasteiger partial charge in [0.25, 0.3) is 0 Å². The minimum Gasteiger partial charge on any atom is -0.305 e. The second-order valence-corrected chi connectivity index (χ2v) is 4.59. The Morgan fingerprint density at radius 1 is 1.08 bits per heavy atom. The number of nitrogens with zero attached hydrogens (tertiary/aromatic N) is 2. The van der Waals surface area contributed by atoms with Gasteiger partial charge in [0, 0.05) is 19.1 Å². The summed E-state index contributed by atoms with van der Waals surface area (Å²) in [6.45, 7) is 7.67. The molecular formula is C10H20N2. The topological polar surface area (TPSA) is 6.48 Å². The normalized spacial score (nSPS) is 39.5. The Morgan fingerprint density at radius 2 is 1.92 bits per heavy atom. The second kappa shape index (κ2) is 3.35. The molecule has 12 heavy (non-hydrogen) atoms. The molecule has 0 aromatic carbocycles. The van der Waals surface area contributed by atoms with E-state index in [1.165, 1.54) is 39.0 Å². The van der Waals surface area contributed by atoms with E-state index >= 15 is 0 Å². The lowest BCUT2D eigenvalue weighted by Crippen LogP contribution is -2.35. The first kappa shape index (κ1) is 8.52. The third-order valence-corrected chi connectivity index (χ3v) is 3.34. The summed E-state index contributed by atoms with van der Waals surface area (Å²) >= 11 is 0. The SMILES string of the molecule is CC1CCN(C2CCN(C)C2)C1. The zero-order chi connectivity index (χ0) is 8.55. The molecule has 0 aliphatic carbocycles. The predicted molar refractivity (Wildman–Crippen MR) is 51.3 cm³/mol. The highest BCUT2D eigenvalue weighted by Crippen LogP contribution is 2.22. The van der Waals surface area contributed by atoms with Crippen molar-refractivity contribution in [3.63, 3.8) is 0 Å². The van der Waals surface area contributed by atoms with Crippen LogP contribution < -0.4 is 0 Å². The summed E-state index contributed by atoms with van der Waals surface area (Å²) in [4.78, 5) is 5.14. The van der Waals surface area contributed by atoms with Gasteiger partial charge in [-0.2, -0.15) is 0 Å². The van der Waals surface area contributed by atoms with Crippen LogP contribution in [-0.4, -0.2) is 49.1 Å². The van der Waals surface area contributed by atoms with E-state index < -0.39 is 0 Å². The molecule has 2 atom stereocenters. The largest absolute Gasteiger partial charge is 0.305 e. The van der Waals surface area contributed by atoms with E-state index in [4.69, 9.17) is 0 Å². The highest BCUT2D eigenvalue weighted by Gasteiger charge is 2.29. The summed E-state index contributed by atoms with van der Waals surface area (Å²) in [5.41, 5.74) is 0. The van der Waals surface area contributed by atoms with Gasteiger partial charge in [0.15, 0.2) is 0 Å². The van der Waals surface area contributed by atoms with Gasteiger partial charge in [0.1, 0.15) is 0 Å². The fraction of sp³-hybridized carbons (Fsp3) is 1.00. The summed E-state index contributed by atoms with van der Waals surface area (Å²) in [6, 6.07) is 0.875. The lowest BCUT2D eigenvalue weighted by molar-refractivity contribution is 0.236. The summed E-state index contributed by atoms with van der Waals surface area (Å²) in [7, 11) is 2.24. The Balaban J connectivity index is 1.85. The van der Waals surface area contributed by atoms with Crippen molar-refractivity contribution in [3.8, 4) is 0 Å². The van der Waals surface area contributed by atoms with E-state index in [1.54, 1.807) is 0 Å². The van der Waals surface area contributed by atoms with Crippen molar-refractivity contribution in [2.75, 3.05) is 33.2 Å². The average molecular weight is 168 g/mol.